The summed E-state index contributed by atoms with van der Waals surface area (Å²) in [7, 11) is 1.61. The fraction of sp³-hybridized carbons (Fsp3) is 0.235. The van der Waals surface area contributed by atoms with Gasteiger partial charge in [-0.15, -0.1) is 0 Å². The number of methoxy groups -OCH3 is 1. The molecular weight excluding hydrogens is 280 g/mol. The molecule has 114 valence electrons. The van der Waals surface area contributed by atoms with Gasteiger partial charge in [-0.1, -0.05) is 18.2 Å². The van der Waals surface area contributed by atoms with Crippen molar-refractivity contribution < 1.29 is 14.3 Å². The van der Waals surface area contributed by atoms with Crippen LogP contribution >= 0.6 is 0 Å². The first kappa shape index (κ1) is 14.3. The smallest absolute Gasteiger partial charge is 0.319 e. The van der Waals surface area contributed by atoms with Crippen LogP contribution in [0.15, 0.2) is 48.5 Å². The van der Waals surface area contributed by atoms with Crippen LogP contribution in [0.1, 0.15) is 5.56 Å². The first-order valence-electron chi connectivity index (χ1n) is 7.17. The monoisotopic (exact) mass is 298 g/mol. The van der Waals surface area contributed by atoms with E-state index < -0.39 is 0 Å². The maximum atomic E-state index is 12.0. The van der Waals surface area contributed by atoms with Crippen molar-refractivity contribution in [3.8, 4) is 11.5 Å². The average Bonchev–Trinajstić information content (AvgIpc) is 2.55. The maximum Gasteiger partial charge on any atom is 0.319 e. The van der Waals surface area contributed by atoms with E-state index in [-0.39, 0.29) is 12.1 Å². The number of hydrogen-bond donors (Lipinski definition) is 2. The van der Waals surface area contributed by atoms with Crippen LogP contribution in [-0.4, -0.2) is 25.8 Å². The van der Waals surface area contributed by atoms with Crippen molar-refractivity contribution in [1.29, 1.82) is 0 Å². The van der Waals surface area contributed by atoms with Gasteiger partial charge in [0, 0.05) is 5.69 Å². The Labute approximate surface area is 129 Å². The van der Waals surface area contributed by atoms with Crippen LogP contribution in [0.5, 0.6) is 11.5 Å². The topological polar surface area (TPSA) is 59.6 Å². The zero-order valence-electron chi connectivity index (χ0n) is 12.3. The van der Waals surface area contributed by atoms with Gasteiger partial charge in [0.1, 0.15) is 18.1 Å². The summed E-state index contributed by atoms with van der Waals surface area (Å²) in [5.41, 5.74) is 1.83. The van der Waals surface area contributed by atoms with Gasteiger partial charge in [-0.05, 0) is 42.3 Å². The van der Waals surface area contributed by atoms with Crippen molar-refractivity contribution in [3.05, 3.63) is 54.1 Å². The second-order valence-corrected chi connectivity index (χ2v) is 5.15. The maximum absolute atomic E-state index is 12.0. The number of carbonyl (C=O) groups is 1. The Kier molecular flexibility index (Phi) is 4.14. The van der Waals surface area contributed by atoms with E-state index in [1.54, 1.807) is 31.4 Å². The zero-order valence-corrected chi connectivity index (χ0v) is 12.3. The molecule has 1 heterocycles. The molecule has 2 N–H and O–H groups in total. The Morgan fingerprint density at radius 3 is 2.73 bits per heavy atom. The van der Waals surface area contributed by atoms with E-state index in [4.69, 9.17) is 9.47 Å². The number of amides is 2. The van der Waals surface area contributed by atoms with Crippen LogP contribution < -0.4 is 20.1 Å². The largest absolute Gasteiger partial charge is 0.497 e. The molecule has 0 bridgehead atoms. The minimum atomic E-state index is -0.238. The summed E-state index contributed by atoms with van der Waals surface area (Å²) >= 11 is 0. The summed E-state index contributed by atoms with van der Waals surface area (Å²) in [6.07, 6.45) is 0.770. The SMILES string of the molecule is COc1ccc(NC(=O)N[C@H]2COc3ccccc3C2)cc1. The molecule has 0 fully saturated rings. The van der Waals surface area contributed by atoms with Gasteiger partial charge in [-0.2, -0.15) is 0 Å². The van der Waals surface area contributed by atoms with E-state index in [1.807, 2.05) is 24.3 Å². The lowest BCUT2D eigenvalue weighted by Crippen LogP contribution is -2.44. The van der Waals surface area contributed by atoms with Crippen LogP contribution in [0.4, 0.5) is 10.5 Å². The Bertz CT molecular complexity index is 655. The quantitative estimate of drug-likeness (QED) is 0.916. The molecule has 1 atom stereocenters. The molecule has 0 unspecified atom stereocenters. The molecule has 3 rings (SSSR count). The Morgan fingerprint density at radius 1 is 1.18 bits per heavy atom. The van der Waals surface area contributed by atoms with E-state index in [0.717, 1.165) is 29.2 Å². The summed E-state index contributed by atoms with van der Waals surface area (Å²) in [6.45, 7) is 0.479. The molecule has 22 heavy (non-hydrogen) atoms. The van der Waals surface area contributed by atoms with Crippen LogP contribution in [0.2, 0.25) is 0 Å². The van der Waals surface area contributed by atoms with Crippen LogP contribution in [-0.2, 0) is 6.42 Å². The second kappa shape index (κ2) is 6.39. The molecule has 0 aromatic heterocycles. The highest BCUT2D eigenvalue weighted by atomic mass is 16.5. The van der Waals surface area contributed by atoms with Gasteiger partial charge >= 0.3 is 6.03 Å². The minimum absolute atomic E-state index is 0.0341. The highest BCUT2D eigenvalue weighted by Gasteiger charge is 2.20. The fourth-order valence-corrected chi connectivity index (χ4v) is 2.45. The Morgan fingerprint density at radius 2 is 1.95 bits per heavy atom. The number of para-hydroxylation sites is 1. The second-order valence-electron chi connectivity index (χ2n) is 5.15. The third-order valence-electron chi connectivity index (χ3n) is 3.56. The summed E-state index contributed by atoms with van der Waals surface area (Å²) in [5.74, 6) is 1.65. The van der Waals surface area contributed by atoms with Crippen molar-refractivity contribution >= 4 is 11.7 Å². The number of rotatable bonds is 3. The molecule has 2 amide bonds. The van der Waals surface area contributed by atoms with Crippen molar-refractivity contribution in [3.63, 3.8) is 0 Å². The summed E-state index contributed by atoms with van der Waals surface area (Å²) in [5, 5.41) is 5.73. The van der Waals surface area contributed by atoms with Crippen LogP contribution in [0, 0.1) is 0 Å². The first-order valence-corrected chi connectivity index (χ1v) is 7.17. The number of urea groups is 1. The van der Waals surface area contributed by atoms with Gasteiger partial charge < -0.3 is 20.1 Å². The van der Waals surface area contributed by atoms with Crippen molar-refractivity contribution in [2.24, 2.45) is 0 Å². The summed E-state index contributed by atoms with van der Waals surface area (Å²) in [4.78, 5) is 12.0. The predicted molar refractivity (Wildman–Crippen MR) is 84.6 cm³/mol. The van der Waals surface area contributed by atoms with E-state index in [0.29, 0.717) is 6.61 Å². The highest BCUT2D eigenvalue weighted by Crippen LogP contribution is 2.24. The molecule has 0 radical (unpaired) electrons. The van der Waals surface area contributed by atoms with Gasteiger partial charge in [-0.3, -0.25) is 0 Å². The normalized spacial score (nSPS) is 16.1. The molecule has 2 aromatic rings. The van der Waals surface area contributed by atoms with Gasteiger partial charge in [0.05, 0.1) is 13.2 Å². The molecule has 2 aromatic carbocycles. The van der Waals surface area contributed by atoms with Gasteiger partial charge in [-0.25, -0.2) is 4.79 Å². The summed E-state index contributed by atoms with van der Waals surface area (Å²) in [6, 6.07) is 14.8. The van der Waals surface area contributed by atoms with Gasteiger partial charge in [0.15, 0.2) is 0 Å². The molecule has 0 saturated heterocycles. The number of ether oxygens (including phenoxy) is 2. The number of carbonyl (C=O) groups excluding carboxylic acids is 1. The molecule has 5 heteroatoms. The molecule has 0 aliphatic carbocycles. The first-order chi connectivity index (χ1) is 10.7. The Hall–Kier alpha value is -2.69. The molecule has 0 saturated carbocycles. The average molecular weight is 298 g/mol. The summed E-state index contributed by atoms with van der Waals surface area (Å²) < 4.78 is 10.7. The third kappa shape index (κ3) is 3.31. The molecule has 5 nitrogen and oxygen atoms in total. The number of benzene rings is 2. The van der Waals surface area contributed by atoms with E-state index in [2.05, 4.69) is 10.6 Å². The van der Waals surface area contributed by atoms with Crippen LogP contribution in [0.3, 0.4) is 0 Å². The van der Waals surface area contributed by atoms with Crippen molar-refractivity contribution in [2.45, 2.75) is 12.5 Å². The predicted octanol–water partition coefficient (Wildman–Crippen LogP) is 2.82. The van der Waals surface area contributed by atoms with Crippen molar-refractivity contribution in [1.82, 2.24) is 5.32 Å². The van der Waals surface area contributed by atoms with E-state index in [9.17, 15) is 4.79 Å². The van der Waals surface area contributed by atoms with E-state index >= 15 is 0 Å². The van der Waals surface area contributed by atoms with Crippen LogP contribution in [0.25, 0.3) is 0 Å². The Balaban J connectivity index is 1.56. The minimum Gasteiger partial charge on any atom is -0.497 e. The zero-order chi connectivity index (χ0) is 15.4. The number of nitrogens with one attached hydrogen (secondary N) is 2. The molecule has 1 aliphatic heterocycles. The van der Waals surface area contributed by atoms with Gasteiger partial charge in [0.25, 0.3) is 0 Å². The number of fused-ring (bicyclic) bond motifs is 1. The fourth-order valence-electron chi connectivity index (χ4n) is 2.45. The lowest BCUT2D eigenvalue weighted by molar-refractivity contribution is 0.222. The van der Waals surface area contributed by atoms with E-state index in [1.165, 1.54) is 0 Å². The van der Waals surface area contributed by atoms with Crippen molar-refractivity contribution in [2.75, 3.05) is 19.0 Å². The molecule has 0 spiro atoms. The lowest BCUT2D eigenvalue weighted by Gasteiger charge is -2.26. The third-order valence-corrected chi connectivity index (χ3v) is 3.56. The molecule has 1 aliphatic rings. The highest BCUT2D eigenvalue weighted by molar-refractivity contribution is 5.89. The number of anilines is 1. The van der Waals surface area contributed by atoms with Gasteiger partial charge in [0.2, 0.25) is 0 Å². The molecular formula is C17H18N2O3. The standard InChI is InChI=1S/C17H18N2O3/c1-21-15-8-6-13(7-9-15)18-17(20)19-14-10-12-4-2-3-5-16(12)22-11-14/h2-9,14H,10-11H2,1H3,(H2,18,19,20)/t14-/m1/s1. The lowest BCUT2D eigenvalue weighted by atomic mass is 10.0. The number of hydrogen-bond acceptors (Lipinski definition) is 3.